The van der Waals surface area contributed by atoms with E-state index in [0.717, 1.165) is 17.9 Å². The Hall–Kier alpha value is -2.33. The van der Waals surface area contributed by atoms with Gasteiger partial charge in [0, 0.05) is 5.69 Å². The van der Waals surface area contributed by atoms with Crippen LogP contribution in [0.2, 0.25) is 0 Å². The Balaban J connectivity index is 1.92. The van der Waals surface area contributed by atoms with E-state index in [-0.39, 0.29) is 6.04 Å². The number of benzene rings is 2. The second kappa shape index (κ2) is 8.96. The van der Waals surface area contributed by atoms with Crippen molar-refractivity contribution in [3.8, 4) is 5.75 Å². The molecular formula is C19H22N2OS. The number of ether oxygens (including phenoxy) is 1. The lowest BCUT2D eigenvalue weighted by molar-refractivity contribution is 0.363. The fraction of sp³-hybridized carbons (Fsp3) is 0.211. The normalized spacial score (nSPS) is 11.3. The SMILES string of the molecule is C=CCOc1ccc(NC(=S)NC(CC)c2ccccc2)cc1. The second-order valence-corrected chi connectivity index (χ2v) is 5.50. The summed E-state index contributed by atoms with van der Waals surface area (Å²) in [6.07, 6.45) is 2.68. The number of hydrogen-bond donors (Lipinski definition) is 2. The zero-order valence-corrected chi connectivity index (χ0v) is 14.1. The first kappa shape index (κ1) is 17.0. The monoisotopic (exact) mass is 326 g/mol. The zero-order chi connectivity index (χ0) is 16.5. The molecule has 0 heterocycles. The maximum atomic E-state index is 5.46. The molecular weight excluding hydrogens is 304 g/mol. The van der Waals surface area contributed by atoms with Gasteiger partial charge in [-0.3, -0.25) is 0 Å². The Bertz CT molecular complexity index is 626. The summed E-state index contributed by atoms with van der Waals surface area (Å²) in [7, 11) is 0. The Morgan fingerprint density at radius 2 is 1.87 bits per heavy atom. The van der Waals surface area contributed by atoms with E-state index >= 15 is 0 Å². The standard InChI is InChI=1S/C19H22N2OS/c1-3-14-22-17-12-10-16(11-13-17)20-19(23)21-18(4-2)15-8-6-5-7-9-15/h3,5-13,18H,1,4,14H2,2H3,(H2,20,21,23). The smallest absolute Gasteiger partial charge is 0.171 e. The predicted octanol–water partition coefficient (Wildman–Crippen LogP) is 4.69. The number of nitrogens with one attached hydrogen (secondary N) is 2. The lowest BCUT2D eigenvalue weighted by atomic mass is 10.1. The highest BCUT2D eigenvalue weighted by Crippen LogP contribution is 2.18. The summed E-state index contributed by atoms with van der Waals surface area (Å²) >= 11 is 5.41. The van der Waals surface area contributed by atoms with Crippen molar-refractivity contribution in [3.05, 3.63) is 72.8 Å². The van der Waals surface area contributed by atoms with Crippen molar-refractivity contribution in [2.75, 3.05) is 11.9 Å². The molecule has 0 aliphatic heterocycles. The van der Waals surface area contributed by atoms with Crippen LogP contribution in [0, 0.1) is 0 Å². The van der Waals surface area contributed by atoms with E-state index in [0.29, 0.717) is 11.7 Å². The van der Waals surface area contributed by atoms with Crippen LogP contribution in [0.15, 0.2) is 67.3 Å². The van der Waals surface area contributed by atoms with Gasteiger partial charge in [0.15, 0.2) is 5.11 Å². The molecule has 0 aromatic heterocycles. The van der Waals surface area contributed by atoms with Crippen LogP contribution in [0.3, 0.4) is 0 Å². The summed E-state index contributed by atoms with van der Waals surface area (Å²) in [6, 6.07) is 18.2. The topological polar surface area (TPSA) is 33.3 Å². The first-order valence-corrected chi connectivity index (χ1v) is 8.10. The molecule has 4 heteroatoms. The van der Waals surface area contributed by atoms with E-state index < -0.39 is 0 Å². The molecule has 0 saturated heterocycles. The fourth-order valence-electron chi connectivity index (χ4n) is 2.22. The molecule has 0 saturated carbocycles. The van der Waals surface area contributed by atoms with Crippen molar-refractivity contribution < 1.29 is 4.74 Å². The molecule has 2 aromatic rings. The largest absolute Gasteiger partial charge is 0.490 e. The first-order valence-electron chi connectivity index (χ1n) is 7.69. The van der Waals surface area contributed by atoms with E-state index in [1.165, 1.54) is 5.56 Å². The maximum Gasteiger partial charge on any atom is 0.171 e. The van der Waals surface area contributed by atoms with Crippen molar-refractivity contribution in [2.45, 2.75) is 19.4 Å². The lowest BCUT2D eigenvalue weighted by Crippen LogP contribution is -2.32. The molecule has 0 aliphatic carbocycles. The van der Waals surface area contributed by atoms with Crippen molar-refractivity contribution in [1.29, 1.82) is 0 Å². The Morgan fingerprint density at radius 3 is 2.48 bits per heavy atom. The van der Waals surface area contributed by atoms with Crippen LogP contribution in [0.1, 0.15) is 24.9 Å². The number of rotatable bonds is 7. The second-order valence-electron chi connectivity index (χ2n) is 5.09. The van der Waals surface area contributed by atoms with Gasteiger partial charge < -0.3 is 15.4 Å². The molecule has 2 N–H and O–H groups in total. The van der Waals surface area contributed by atoms with Crippen LogP contribution in [0.5, 0.6) is 5.75 Å². The van der Waals surface area contributed by atoms with Gasteiger partial charge in [-0.15, -0.1) is 0 Å². The first-order chi connectivity index (χ1) is 11.2. The van der Waals surface area contributed by atoms with E-state index in [9.17, 15) is 0 Å². The van der Waals surface area contributed by atoms with Gasteiger partial charge in [0.25, 0.3) is 0 Å². The Labute approximate surface area is 143 Å². The van der Waals surface area contributed by atoms with Gasteiger partial charge in [-0.1, -0.05) is 49.9 Å². The summed E-state index contributed by atoms with van der Waals surface area (Å²) in [6.45, 7) is 6.27. The highest BCUT2D eigenvalue weighted by molar-refractivity contribution is 7.80. The maximum absolute atomic E-state index is 5.46. The highest BCUT2D eigenvalue weighted by atomic mass is 32.1. The molecule has 0 spiro atoms. The minimum Gasteiger partial charge on any atom is -0.490 e. The van der Waals surface area contributed by atoms with Gasteiger partial charge in [-0.25, -0.2) is 0 Å². The van der Waals surface area contributed by atoms with Gasteiger partial charge in [-0.05, 0) is 48.5 Å². The van der Waals surface area contributed by atoms with Gasteiger partial charge >= 0.3 is 0 Å². The average Bonchev–Trinajstić information content (AvgIpc) is 2.60. The van der Waals surface area contributed by atoms with Crippen LogP contribution < -0.4 is 15.4 Å². The summed E-state index contributed by atoms with van der Waals surface area (Å²) in [5, 5.41) is 7.17. The van der Waals surface area contributed by atoms with Crippen molar-refractivity contribution >= 4 is 23.0 Å². The van der Waals surface area contributed by atoms with Gasteiger partial charge in [0.1, 0.15) is 12.4 Å². The van der Waals surface area contributed by atoms with Crippen LogP contribution in [-0.2, 0) is 0 Å². The molecule has 23 heavy (non-hydrogen) atoms. The highest BCUT2D eigenvalue weighted by Gasteiger charge is 2.10. The summed E-state index contributed by atoms with van der Waals surface area (Å²) < 4.78 is 5.46. The zero-order valence-electron chi connectivity index (χ0n) is 13.3. The van der Waals surface area contributed by atoms with Crippen LogP contribution in [0.4, 0.5) is 5.69 Å². The molecule has 3 nitrogen and oxygen atoms in total. The fourth-order valence-corrected chi connectivity index (χ4v) is 2.48. The Morgan fingerprint density at radius 1 is 1.17 bits per heavy atom. The van der Waals surface area contributed by atoms with Gasteiger partial charge in [-0.2, -0.15) is 0 Å². The molecule has 0 amide bonds. The van der Waals surface area contributed by atoms with Crippen LogP contribution >= 0.6 is 12.2 Å². The van der Waals surface area contributed by atoms with Crippen LogP contribution in [-0.4, -0.2) is 11.7 Å². The number of anilines is 1. The molecule has 0 aliphatic rings. The molecule has 0 radical (unpaired) electrons. The van der Waals surface area contributed by atoms with E-state index in [1.807, 2.05) is 42.5 Å². The number of hydrogen-bond acceptors (Lipinski definition) is 2. The third-order valence-corrected chi connectivity index (χ3v) is 3.62. The Kier molecular flexibility index (Phi) is 6.63. The molecule has 0 fully saturated rings. The summed E-state index contributed by atoms with van der Waals surface area (Å²) in [5.41, 5.74) is 2.16. The molecule has 2 aromatic carbocycles. The van der Waals surface area contributed by atoms with E-state index in [1.54, 1.807) is 6.08 Å². The minimum absolute atomic E-state index is 0.200. The molecule has 2 rings (SSSR count). The third-order valence-electron chi connectivity index (χ3n) is 3.40. The molecule has 120 valence electrons. The van der Waals surface area contributed by atoms with Crippen molar-refractivity contribution in [3.63, 3.8) is 0 Å². The summed E-state index contributed by atoms with van der Waals surface area (Å²) in [5.74, 6) is 0.810. The summed E-state index contributed by atoms with van der Waals surface area (Å²) in [4.78, 5) is 0. The molecule has 1 unspecified atom stereocenters. The van der Waals surface area contributed by atoms with Gasteiger partial charge in [0.2, 0.25) is 0 Å². The average molecular weight is 326 g/mol. The van der Waals surface area contributed by atoms with Crippen LogP contribution in [0.25, 0.3) is 0 Å². The molecule has 0 bridgehead atoms. The van der Waals surface area contributed by atoms with Gasteiger partial charge in [0.05, 0.1) is 6.04 Å². The lowest BCUT2D eigenvalue weighted by Gasteiger charge is -2.20. The van der Waals surface area contributed by atoms with Crippen molar-refractivity contribution in [1.82, 2.24) is 5.32 Å². The number of thiocarbonyl (C=S) groups is 1. The predicted molar refractivity (Wildman–Crippen MR) is 101 cm³/mol. The van der Waals surface area contributed by atoms with E-state index in [2.05, 4.69) is 36.3 Å². The quantitative estimate of drug-likeness (QED) is 0.571. The third kappa shape index (κ3) is 5.42. The minimum atomic E-state index is 0.200. The molecule has 1 atom stereocenters. The van der Waals surface area contributed by atoms with E-state index in [4.69, 9.17) is 17.0 Å². The van der Waals surface area contributed by atoms with Crippen molar-refractivity contribution in [2.24, 2.45) is 0 Å².